The van der Waals surface area contributed by atoms with E-state index in [9.17, 15) is 4.79 Å². The van der Waals surface area contributed by atoms with Crippen LogP contribution in [0.1, 0.15) is 12.7 Å². The lowest BCUT2D eigenvalue weighted by Crippen LogP contribution is -2.19. The van der Waals surface area contributed by atoms with E-state index >= 15 is 0 Å². The van der Waals surface area contributed by atoms with Crippen LogP contribution in [-0.4, -0.2) is 12.3 Å². The SMILES string of the molecule is CC(=O)CNCc1ccco1. The van der Waals surface area contributed by atoms with Gasteiger partial charge in [0.2, 0.25) is 0 Å². The van der Waals surface area contributed by atoms with Crippen molar-refractivity contribution < 1.29 is 9.21 Å². The third kappa shape index (κ3) is 3.00. The highest BCUT2D eigenvalue weighted by molar-refractivity contribution is 5.77. The molecule has 3 nitrogen and oxygen atoms in total. The highest BCUT2D eigenvalue weighted by atomic mass is 16.3. The van der Waals surface area contributed by atoms with E-state index in [1.54, 1.807) is 13.2 Å². The molecule has 0 aliphatic carbocycles. The minimum atomic E-state index is 0.136. The van der Waals surface area contributed by atoms with Gasteiger partial charge in [-0.1, -0.05) is 0 Å². The molecule has 0 aliphatic rings. The Labute approximate surface area is 65.4 Å². The first-order valence-electron chi connectivity index (χ1n) is 3.51. The zero-order valence-corrected chi connectivity index (χ0v) is 6.46. The van der Waals surface area contributed by atoms with Crippen LogP contribution >= 0.6 is 0 Å². The molecule has 1 aromatic heterocycles. The molecule has 1 rings (SSSR count). The summed E-state index contributed by atoms with van der Waals surface area (Å²) in [6, 6.07) is 3.69. The molecular weight excluding hydrogens is 142 g/mol. The standard InChI is InChI=1S/C8H11NO2/c1-7(10)5-9-6-8-3-2-4-11-8/h2-4,9H,5-6H2,1H3. The summed E-state index contributed by atoms with van der Waals surface area (Å²) in [7, 11) is 0. The Morgan fingerprint density at radius 2 is 2.55 bits per heavy atom. The molecule has 0 saturated heterocycles. The summed E-state index contributed by atoms with van der Waals surface area (Å²) in [6.07, 6.45) is 1.62. The Morgan fingerprint density at radius 3 is 3.09 bits per heavy atom. The molecule has 0 saturated carbocycles. The van der Waals surface area contributed by atoms with Crippen LogP contribution in [0.15, 0.2) is 22.8 Å². The minimum absolute atomic E-state index is 0.136. The zero-order chi connectivity index (χ0) is 8.10. The third-order valence-electron chi connectivity index (χ3n) is 1.25. The number of ketones is 1. The Hall–Kier alpha value is -1.09. The van der Waals surface area contributed by atoms with Crippen LogP contribution in [0.25, 0.3) is 0 Å². The molecule has 1 N–H and O–H groups in total. The van der Waals surface area contributed by atoms with Gasteiger partial charge in [-0.2, -0.15) is 0 Å². The number of rotatable bonds is 4. The Morgan fingerprint density at radius 1 is 1.73 bits per heavy atom. The summed E-state index contributed by atoms with van der Waals surface area (Å²) in [5, 5.41) is 2.94. The average molecular weight is 153 g/mol. The summed E-state index contributed by atoms with van der Waals surface area (Å²) in [4.78, 5) is 10.5. The van der Waals surface area contributed by atoms with Crippen molar-refractivity contribution in [2.45, 2.75) is 13.5 Å². The van der Waals surface area contributed by atoms with Crippen molar-refractivity contribution in [3.63, 3.8) is 0 Å². The third-order valence-corrected chi connectivity index (χ3v) is 1.25. The van der Waals surface area contributed by atoms with Gasteiger partial charge in [-0.05, 0) is 19.1 Å². The summed E-state index contributed by atoms with van der Waals surface area (Å²) < 4.78 is 5.04. The first kappa shape index (κ1) is 8.01. The first-order valence-corrected chi connectivity index (χ1v) is 3.51. The second-order valence-electron chi connectivity index (χ2n) is 2.38. The van der Waals surface area contributed by atoms with Crippen LogP contribution in [0.2, 0.25) is 0 Å². The monoisotopic (exact) mass is 153 g/mol. The Balaban J connectivity index is 2.19. The normalized spacial score (nSPS) is 9.91. The number of nitrogens with one attached hydrogen (secondary N) is 1. The van der Waals surface area contributed by atoms with Gasteiger partial charge in [0, 0.05) is 0 Å². The van der Waals surface area contributed by atoms with E-state index < -0.39 is 0 Å². The van der Waals surface area contributed by atoms with Crippen molar-refractivity contribution in [3.8, 4) is 0 Å². The maximum atomic E-state index is 10.5. The zero-order valence-electron chi connectivity index (χ0n) is 6.46. The van der Waals surface area contributed by atoms with Crippen molar-refractivity contribution in [2.75, 3.05) is 6.54 Å². The molecule has 0 atom stereocenters. The molecule has 0 aliphatic heterocycles. The van der Waals surface area contributed by atoms with Gasteiger partial charge >= 0.3 is 0 Å². The lowest BCUT2D eigenvalue weighted by molar-refractivity contribution is -0.116. The second kappa shape index (κ2) is 3.93. The predicted molar refractivity (Wildman–Crippen MR) is 41.1 cm³/mol. The molecule has 1 heterocycles. The highest BCUT2D eigenvalue weighted by Crippen LogP contribution is 1.97. The lowest BCUT2D eigenvalue weighted by atomic mass is 10.4. The summed E-state index contributed by atoms with van der Waals surface area (Å²) in [5.41, 5.74) is 0. The van der Waals surface area contributed by atoms with Gasteiger partial charge in [-0.3, -0.25) is 4.79 Å². The molecule has 3 heteroatoms. The van der Waals surface area contributed by atoms with Crippen LogP contribution in [0.3, 0.4) is 0 Å². The maximum Gasteiger partial charge on any atom is 0.143 e. The van der Waals surface area contributed by atoms with Crippen LogP contribution < -0.4 is 5.32 Å². The molecule has 0 amide bonds. The summed E-state index contributed by atoms with van der Waals surface area (Å²) in [5.74, 6) is 0.989. The van der Waals surface area contributed by atoms with E-state index in [-0.39, 0.29) is 5.78 Å². The van der Waals surface area contributed by atoms with Gasteiger partial charge in [0.15, 0.2) is 0 Å². The second-order valence-corrected chi connectivity index (χ2v) is 2.38. The Kier molecular flexibility index (Phi) is 2.86. The molecule has 0 aromatic carbocycles. The lowest BCUT2D eigenvalue weighted by Gasteiger charge is -1.96. The first-order chi connectivity index (χ1) is 5.29. The molecule has 11 heavy (non-hydrogen) atoms. The van der Waals surface area contributed by atoms with Crippen molar-refractivity contribution in [1.29, 1.82) is 0 Å². The molecule has 1 aromatic rings. The summed E-state index contributed by atoms with van der Waals surface area (Å²) >= 11 is 0. The van der Waals surface area contributed by atoms with Gasteiger partial charge in [0.25, 0.3) is 0 Å². The Bertz CT molecular complexity index is 216. The number of carbonyl (C=O) groups excluding carboxylic acids is 1. The van der Waals surface area contributed by atoms with E-state index in [4.69, 9.17) is 4.42 Å². The molecule has 60 valence electrons. The summed E-state index contributed by atoms with van der Waals surface area (Å²) in [6.45, 7) is 2.57. The van der Waals surface area contributed by atoms with Crippen LogP contribution in [-0.2, 0) is 11.3 Å². The van der Waals surface area contributed by atoms with Gasteiger partial charge in [-0.25, -0.2) is 0 Å². The highest BCUT2D eigenvalue weighted by Gasteiger charge is 1.95. The van der Waals surface area contributed by atoms with E-state index in [1.165, 1.54) is 0 Å². The maximum absolute atomic E-state index is 10.5. The van der Waals surface area contributed by atoms with Gasteiger partial charge in [0.1, 0.15) is 11.5 Å². The largest absolute Gasteiger partial charge is 0.468 e. The fourth-order valence-corrected chi connectivity index (χ4v) is 0.775. The van der Waals surface area contributed by atoms with E-state index in [2.05, 4.69) is 5.32 Å². The molecular formula is C8H11NO2. The van der Waals surface area contributed by atoms with Crippen molar-refractivity contribution in [3.05, 3.63) is 24.2 Å². The number of carbonyl (C=O) groups is 1. The average Bonchev–Trinajstić information content (AvgIpc) is 2.39. The minimum Gasteiger partial charge on any atom is -0.468 e. The van der Waals surface area contributed by atoms with Crippen LogP contribution in [0.4, 0.5) is 0 Å². The van der Waals surface area contributed by atoms with E-state index in [1.807, 2.05) is 12.1 Å². The predicted octanol–water partition coefficient (Wildman–Crippen LogP) is 0.958. The van der Waals surface area contributed by atoms with Gasteiger partial charge in [0.05, 0.1) is 19.4 Å². The van der Waals surface area contributed by atoms with Crippen molar-refractivity contribution in [2.24, 2.45) is 0 Å². The van der Waals surface area contributed by atoms with Gasteiger partial charge < -0.3 is 9.73 Å². The molecule has 0 fully saturated rings. The van der Waals surface area contributed by atoms with E-state index in [0.29, 0.717) is 13.1 Å². The van der Waals surface area contributed by atoms with Crippen LogP contribution in [0.5, 0.6) is 0 Å². The fraction of sp³-hybridized carbons (Fsp3) is 0.375. The number of Topliss-reactive ketones (excluding diaryl/α,β-unsaturated/α-hetero) is 1. The van der Waals surface area contributed by atoms with Gasteiger partial charge in [-0.15, -0.1) is 0 Å². The molecule has 0 unspecified atom stereocenters. The molecule has 0 spiro atoms. The number of hydrogen-bond donors (Lipinski definition) is 1. The van der Waals surface area contributed by atoms with Crippen LogP contribution in [0, 0.1) is 0 Å². The topological polar surface area (TPSA) is 42.2 Å². The smallest absolute Gasteiger partial charge is 0.143 e. The number of hydrogen-bond acceptors (Lipinski definition) is 3. The number of furan rings is 1. The van der Waals surface area contributed by atoms with Crippen molar-refractivity contribution >= 4 is 5.78 Å². The van der Waals surface area contributed by atoms with Crippen molar-refractivity contribution in [1.82, 2.24) is 5.32 Å². The quantitative estimate of drug-likeness (QED) is 0.700. The molecule has 0 bridgehead atoms. The van der Waals surface area contributed by atoms with E-state index in [0.717, 1.165) is 5.76 Å². The fourth-order valence-electron chi connectivity index (χ4n) is 0.775. The molecule has 0 radical (unpaired) electrons.